The Morgan fingerprint density at radius 2 is 2.20 bits per heavy atom. The number of hydrogen-bond acceptors (Lipinski definition) is 4. The first-order valence-corrected chi connectivity index (χ1v) is 6.93. The maximum absolute atomic E-state index is 12.2. The normalized spacial score (nSPS) is 20.1. The van der Waals surface area contributed by atoms with Crippen molar-refractivity contribution in [1.82, 2.24) is 19.7 Å². The molecule has 1 saturated heterocycles. The summed E-state index contributed by atoms with van der Waals surface area (Å²) in [6, 6.07) is -0.204. The van der Waals surface area contributed by atoms with Gasteiger partial charge >= 0.3 is 6.03 Å². The number of amides is 2. The van der Waals surface area contributed by atoms with Crippen LogP contribution in [0.4, 0.5) is 10.7 Å². The SMILES string of the molecule is Cc1nc(NC(=O)N2CCCC(C(C)(C)O)C2)nn1C. The molecular formula is C13H23N5O2. The van der Waals surface area contributed by atoms with Crippen LogP contribution in [-0.2, 0) is 7.05 Å². The van der Waals surface area contributed by atoms with E-state index in [2.05, 4.69) is 15.4 Å². The number of nitrogens with one attached hydrogen (secondary N) is 1. The first-order chi connectivity index (χ1) is 9.27. The third-order valence-corrected chi connectivity index (χ3v) is 3.91. The topological polar surface area (TPSA) is 83.3 Å². The molecule has 0 aliphatic carbocycles. The van der Waals surface area contributed by atoms with Gasteiger partial charge in [-0.05, 0) is 33.6 Å². The molecule has 1 aliphatic rings. The molecule has 2 amide bonds. The van der Waals surface area contributed by atoms with Crippen molar-refractivity contribution in [2.45, 2.75) is 39.2 Å². The van der Waals surface area contributed by atoms with Crippen molar-refractivity contribution in [1.29, 1.82) is 0 Å². The molecule has 1 aromatic rings. The number of anilines is 1. The lowest BCUT2D eigenvalue weighted by atomic mass is 9.84. The van der Waals surface area contributed by atoms with Gasteiger partial charge in [-0.25, -0.2) is 4.79 Å². The second-order valence-corrected chi connectivity index (χ2v) is 5.98. The van der Waals surface area contributed by atoms with Crippen molar-refractivity contribution in [2.24, 2.45) is 13.0 Å². The van der Waals surface area contributed by atoms with Crippen molar-refractivity contribution in [3.05, 3.63) is 5.82 Å². The van der Waals surface area contributed by atoms with Gasteiger partial charge in [0.1, 0.15) is 5.82 Å². The van der Waals surface area contributed by atoms with E-state index in [1.807, 2.05) is 6.92 Å². The molecule has 1 aromatic heterocycles. The summed E-state index contributed by atoms with van der Waals surface area (Å²) in [5.74, 6) is 1.16. The molecule has 0 bridgehead atoms. The number of aliphatic hydroxyl groups is 1. The Morgan fingerprint density at radius 1 is 1.50 bits per heavy atom. The second kappa shape index (κ2) is 5.40. The van der Waals surface area contributed by atoms with Crippen LogP contribution in [0.5, 0.6) is 0 Å². The molecule has 0 radical (unpaired) electrons. The number of carbonyl (C=O) groups excluding carboxylic acids is 1. The van der Waals surface area contributed by atoms with Crippen molar-refractivity contribution in [3.8, 4) is 0 Å². The monoisotopic (exact) mass is 281 g/mol. The zero-order valence-electron chi connectivity index (χ0n) is 12.6. The largest absolute Gasteiger partial charge is 0.390 e. The van der Waals surface area contributed by atoms with Gasteiger partial charge < -0.3 is 10.0 Å². The fourth-order valence-corrected chi connectivity index (χ4v) is 2.43. The van der Waals surface area contributed by atoms with Crippen LogP contribution in [0.15, 0.2) is 0 Å². The molecule has 1 fully saturated rings. The number of rotatable bonds is 2. The average molecular weight is 281 g/mol. The molecular weight excluding hydrogens is 258 g/mol. The van der Waals surface area contributed by atoms with Gasteiger partial charge in [0.25, 0.3) is 0 Å². The highest BCUT2D eigenvalue weighted by atomic mass is 16.3. The number of aryl methyl sites for hydroxylation is 2. The third kappa shape index (κ3) is 3.27. The van der Waals surface area contributed by atoms with Crippen LogP contribution in [0.1, 0.15) is 32.5 Å². The first kappa shape index (κ1) is 14.8. The van der Waals surface area contributed by atoms with Crippen LogP contribution < -0.4 is 5.32 Å². The van der Waals surface area contributed by atoms with Crippen LogP contribution in [0.3, 0.4) is 0 Å². The highest BCUT2D eigenvalue weighted by Gasteiger charge is 2.33. The van der Waals surface area contributed by atoms with Gasteiger partial charge in [0.05, 0.1) is 5.60 Å². The van der Waals surface area contributed by atoms with Gasteiger partial charge in [0.15, 0.2) is 0 Å². The van der Waals surface area contributed by atoms with Gasteiger partial charge in [-0.2, -0.15) is 4.98 Å². The lowest BCUT2D eigenvalue weighted by Gasteiger charge is -2.38. The van der Waals surface area contributed by atoms with Crippen LogP contribution in [0.25, 0.3) is 0 Å². The lowest BCUT2D eigenvalue weighted by Crippen LogP contribution is -2.48. The minimum atomic E-state index is -0.765. The van der Waals surface area contributed by atoms with Crippen molar-refractivity contribution in [2.75, 3.05) is 18.4 Å². The van der Waals surface area contributed by atoms with E-state index in [-0.39, 0.29) is 11.9 Å². The first-order valence-electron chi connectivity index (χ1n) is 6.93. The van der Waals surface area contributed by atoms with Crippen LogP contribution in [-0.4, -0.2) is 49.5 Å². The molecule has 7 nitrogen and oxygen atoms in total. The maximum atomic E-state index is 12.2. The van der Waals surface area contributed by atoms with E-state index >= 15 is 0 Å². The molecule has 2 heterocycles. The summed E-state index contributed by atoms with van der Waals surface area (Å²) in [6.45, 7) is 6.67. The molecule has 0 spiro atoms. The number of aromatic nitrogens is 3. The number of nitrogens with zero attached hydrogens (tertiary/aromatic N) is 4. The minimum Gasteiger partial charge on any atom is -0.390 e. The molecule has 1 atom stereocenters. The summed E-state index contributed by atoms with van der Waals surface area (Å²) in [4.78, 5) is 18.1. The molecule has 112 valence electrons. The van der Waals surface area contributed by atoms with Crippen molar-refractivity contribution < 1.29 is 9.90 Å². The standard InChI is InChI=1S/C13H23N5O2/c1-9-14-11(16-17(9)4)15-12(19)18-7-5-6-10(8-18)13(2,3)20/h10,20H,5-8H2,1-4H3,(H,15,16,19). The summed E-state index contributed by atoms with van der Waals surface area (Å²) >= 11 is 0. The molecule has 0 aromatic carbocycles. The van der Waals surface area contributed by atoms with E-state index in [1.54, 1.807) is 30.5 Å². The predicted molar refractivity (Wildman–Crippen MR) is 75.4 cm³/mol. The zero-order valence-corrected chi connectivity index (χ0v) is 12.6. The Balaban J connectivity index is 1.98. The van der Waals surface area contributed by atoms with E-state index in [0.29, 0.717) is 19.0 Å². The van der Waals surface area contributed by atoms with E-state index < -0.39 is 5.60 Å². The Bertz CT molecular complexity index is 472. The number of urea groups is 1. The third-order valence-electron chi connectivity index (χ3n) is 3.91. The Hall–Kier alpha value is -1.63. The number of likely N-dealkylation sites (tertiary alicyclic amines) is 1. The van der Waals surface area contributed by atoms with Gasteiger partial charge in [-0.1, -0.05) is 0 Å². The lowest BCUT2D eigenvalue weighted by molar-refractivity contribution is -0.00973. The van der Waals surface area contributed by atoms with Crippen molar-refractivity contribution in [3.63, 3.8) is 0 Å². The predicted octanol–water partition coefficient (Wildman–Crippen LogP) is 1.14. The number of piperidine rings is 1. The molecule has 0 saturated carbocycles. The highest BCUT2D eigenvalue weighted by molar-refractivity contribution is 5.87. The summed E-state index contributed by atoms with van der Waals surface area (Å²) in [5, 5.41) is 16.9. The van der Waals surface area contributed by atoms with Gasteiger partial charge in [0.2, 0.25) is 5.95 Å². The van der Waals surface area contributed by atoms with Crippen molar-refractivity contribution >= 4 is 12.0 Å². The fraction of sp³-hybridized carbons (Fsp3) is 0.769. The van der Waals surface area contributed by atoms with Crippen LogP contribution in [0, 0.1) is 12.8 Å². The van der Waals surface area contributed by atoms with Crippen LogP contribution >= 0.6 is 0 Å². The molecule has 7 heteroatoms. The Labute approximate surface area is 119 Å². The smallest absolute Gasteiger partial charge is 0.324 e. The summed E-state index contributed by atoms with van der Waals surface area (Å²) in [7, 11) is 1.78. The summed E-state index contributed by atoms with van der Waals surface area (Å²) in [6.07, 6.45) is 1.84. The second-order valence-electron chi connectivity index (χ2n) is 5.98. The fourth-order valence-electron chi connectivity index (χ4n) is 2.43. The van der Waals surface area contributed by atoms with Gasteiger partial charge in [-0.3, -0.25) is 10.00 Å². The van der Waals surface area contributed by atoms with E-state index in [9.17, 15) is 9.90 Å². The molecule has 20 heavy (non-hydrogen) atoms. The Morgan fingerprint density at radius 3 is 2.75 bits per heavy atom. The summed E-state index contributed by atoms with van der Waals surface area (Å²) in [5.41, 5.74) is -0.765. The number of carbonyl (C=O) groups is 1. The minimum absolute atomic E-state index is 0.0976. The van der Waals surface area contributed by atoms with Gasteiger partial charge in [-0.15, -0.1) is 5.10 Å². The molecule has 2 rings (SSSR count). The average Bonchev–Trinajstić information content (AvgIpc) is 2.67. The van der Waals surface area contributed by atoms with E-state index in [1.165, 1.54) is 0 Å². The maximum Gasteiger partial charge on any atom is 0.324 e. The van der Waals surface area contributed by atoms with E-state index in [0.717, 1.165) is 18.7 Å². The highest BCUT2D eigenvalue weighted by Crippen LogP contribution is 2.26. The quantitative estimate of drug-likeness (QED) is 0.851. The Kier molecular flexibility index (Phi) is 3.99. The van der Waals surface area contributed by atoms with Gasteiger partial charge in [0, 0.05) is 26.1 Å². The molecule has 1 aliphatic heterocycles. The molecule has 2 N–H and O–H groups in total. The molecule has 1 unspecified atom stereocenters. The summed E-state index contributed by atoms with van der Waals surface area (Å²) < 4.78 is 1.62. The number of hydrogen-bond donors (Lipinski definition) is 2. The zero-order chi connectivity index (χ0) is 14.9. The van der Waals surface area contributed by atoms with E-state index in [4.69, 9.17) is 0 Å². The van der Waals surface area contributed by atoms with Crippen LogP contribution in [0.2, 0.25) is 0 Å².